The van der Waals surface area contributed by atoms with E-state index in [9.17, 15) is 4.79 Å². The third kappa shape index (κ3) is 4.68. The van der Waals surface area contributed by atoms with E-state index in [1.54, 1.807) is 6.20 Å². The molecule has 1 aromatic heterocycles. The van der Waals surface area contributed by atoms with Gasteiger partial charge in [-0.25, -0.2) is 0 Å². The standard InChI is InChI=1S/C17H20N2O2/c1-19(12-14-6-5-9-18-11-14)13-16-8-4-3-7-15(16)10-17(20)21-2/h3-9,11H,10,12-13H2,1-2H3. The van der Waals surface area contributed by atoms with E-state index in [-0.39, 0.29) is 5.97 Å². The Morgan fingerprint density at radius 3 is 2.57 bits per heavy atom. The van der Waals surface area contributed by atoms with Crippen LogP contribution in [0.5, 0.6) is 0 Å². The van der Waals surface area contributed by atoms with Gasteiger partial charge < -0.3 is 4.74 Å². The minimum atomic E-state index is -0.211. The van der Waals surface area contributed by atoms with Gasteiger partial charge in [0.2, 0.25) is 0 Å². The molecule has 0 atom stereocenters. The van der Waals surface area contributed by atoms with Crippen molar-refractivity contribution < 1.29 is 9.53 Å². The molecule has 0 bridgehead atoms. The molecule has 110 valence electrons. The Labute approximate surface area is 125 Å². The minimum Gasteiger partial charge on any atom is -0.469 e. The molecule has 0 radical (unpaired) electrons. The van der Waals surface area contributed by atoms with Crippen molar-refractivity contribution in [2.24, 2.45) is 0 Å². The van der Waals surface area contributed by atoms with E-state index in [0.29, 0.717) is 6.42 Å². The zero-order valence-corrected chi connectivity index (χ0v) is 12.5. The molecule has 4 heteroatoms. The molecule has 0 N–H and O–H groups in total. The second-order valence-electron chi connectivity index (χ2n) is 5.06. The summed E-state index contributed by atoms with van der Waals surface area (Å²) in [5, 5.41) is 0. The van der Waals surface area contributed by atoms with Gasteiger partial charge in [0.25, 0.3) is 0 Å². The van der Waals surface area contributed by atoms with Crippen LogP contribution in [0.4, 0.5) is 0 Å². The Balaban J connectivity index is 2.03. The molecule has 0 aliphatic carbocycles. The van der Waals surface area contributed by atoms with Crippen molar-refractivity contribution in [3.8, 4) is 0 Å². The molecule has 2 aromatic rings. The van der Waals surface area contributed by atoms with E-state index in [1.807, 2.05) is 30.5 Å². The smallest absolute Gasteiger partial charge is 0.309 e. The molecule has 0 aliphatic heterocycles. The highest BCUT2D eigenvalue weighted by molar-refractivity contribution is 5.72. The first kappa shape index (κ1) is 15.2. The van der Waals surface area contributed by atoms with Crippen LogP contribution < -0.4 is 0 Å². The summed E-state index contributed by atoms with van der Waals surface area (Å²) in [7, 11) is 3.47. The quantitative estimate of drug-likeness (QED) is 0.764. The number of pyridine rings is 1. The van der Waals surface area contributed by atoms with E-state index >= 15 is 0 Å². The minimum absolute atomic E-state index is 0.211. The fraction of sp³-hybridized carbons (Fsp3) is 0.294. The first-order chi connectivity index (χ1) is 10.2. The summed E-state index contributed by atoms with van der Waals surface area (Å²) in [5.74, 6) is -0.211. The van der Waals surface area contributed by atoms with E-state index in [2.05, 4.69) is 29.1 Å². The van der Waals surface area contributed by atoms with Crippen molar-refractivity contribution in [3.05, 3.63) is 65.5 Å². The lowest BCUT2D eigenvalue weighted by Gasteiger charge is -2.18. The Morgan fingerprint density at radius 2 is 1.90 bits per heavy atom. The lowest BCUT2D eigenvalue weighted by Crippen LogP contribution is -2.19. The summed E-state index contributed by atoms with van der Waals surface area (Å²) >= 11 is 0. The summed E-state index contributed by atoms with van der Waals surface area (Å²) in [5.41, 5.74) is 3.34. The highest BCUT2D eigenvalue weighted by atomic mass is 16.5. The monoisotopic (exact) mass is 284 g/mol. The average Bonchev–Trinajstić information content (AvgIpc) is 2.50. The normalized spacial score (nSPS) is 10.6. The maximum atomic E-state index is 11.5. The fourth-order valence-electron chi connectivity index (χ4n) is 2.26. The summed E-state index contributed by atoms with van der Waals surface area (Å²) in [6.45, 7) is 1.60. The van der Waals surface area contributed by atoms with Gasteiger partial charge in [0, 0.05) is 25.5 Å². The molecule has 0 unspecified atom stereocenters. The number of hydrogen-bond donors (Lipinski definition) is 0. The highest BCUT2D eigenvalue weighted by Crippen LogP contribution is 2.14. The molecule has 0 saturated carbocycles. The number of hydrogen-bond acceptors (Lipinski definition) is 4. The van der Waals surface area contributed by atoms with E-state index < -0.39 is 0 Å². The van der Waals surface area contributed by atoms with Crippen molar-refractivity contribution >= 4 is 5.97 Å². The SMILES string of the molecule is COC(=O)Cc1ccccc1CN(C)Cc1cccnc1. The van der Waals surface area contributed by atoms with Crippen LogP contribution in [0.1, 0.15) is 16.7 Å². The zero-order chi connectivity index (χ0) is 15.1. The van der Waals surface area contributed by atoms with Gasteiger partial charge in [0.15, 0.2) is 0 Å². The van der Waals surface area contributed by atoms with Crippen LogP contribution in [-0.2, 0) is 29.0 Å². The van der Waals surface area contributed by atoms with Gasteiger partial charge in [0.1, 0.15) is 0 Å². The number of ether oxygens (including phenoxy) is 1. The van der Waals surface area contributed by atoms with E-state index in [0.717, 1.165) is 24.2 Å². The lowest BCUT2D eigenvalue weighted by molar-refractivity contribution is -0.139. The molecule has 21 heavy (non-hydrogen) atoms. The third-order valence-corrected chi connectivity index (χ3v) is 3.30. The van der Waals surface area contributed by atoms with E-state index in [1.165, 1.54) is 12.7 Å². The van der Waals surface area contributed by atoms with Crippen molar-refractivity contribution in [1.29, 1.82) is 0 Å². The molecule has 2 rings (SSSR count). The Hall–Kier alpha value is -2.20. The molecule has 0 amide bonds. The lowest BCUT2D eigenvalue weighted by atomic mass is 10.0. The molecule has 0 spiro atoms. The number of carbonyl (C=O) groups excluding carboxylic acids is 1. The van der Waals surface area contributed by atoms with Gasteiger partial charge in [-0.15, -0.1) is 0 Å². The summed E-state index contributed by atoms with van der Waals surface area (Å²) < 4.78 is 4.75. The Kier molecular flexibility index (Phi) is 5.46. The van der Waals surface area contributed by atoms with Crippen LogP contribution in [0.15, 0.2) is 48.8 Å². The van der Waals surface area contributed by atoms with Gasteiger partial charge in [-0.2, -0.15) is 0 Å². The second kappa shape index (κ2) is 7.55. The second-order valence-corrected chi connectivity index (χ2v) is 5.06. The summed E-state index contributed by atoms with van der Waals surface area (Å²) in [4.78, 5) is 17.8. The van der Waals surface area contributed by atoms with Crippen LogP contribution >= 0.6 is 0 Å². The largest absolute Gasteiger partial charge is 0.469 e. The maximum Gasteiger partial charge on any atom is 0.309 e. The predicted molar refractivity (Wildman–Crippen MR) is 81.6 cm³/mol. The van der Waals surface area contributed by atoms with Crippen molar-refractivity contribution in [2.45, 2.75) is 19.5 Å². The number of methoxy groups -OCH3 is 1. The van der Waals surface area contributed by atoms with Crippen molar-refractivity contribution in [3.63, 3.8) is 0 Å². The number of aromatic nitrogens is 1. The van der Waals surface area contributed by atoms with Crippen LogP contribution in [0.2, 0.25) is 0 Å². The first-order valence-electron chi connectivity index (χ1n) is 6.90. The molecular weight excluding hydrogens is 264 g/mol. The van der Waals surface area contributed by atoms with Gasteiger partial charge in [-0.05, 0) is 29.8 Å². The predicted octanol–water partition coefficient (Wildman–Crippen LogP) is 2.43. The highest BCUT2D eigenvalue weighted by Gasteiger charge is 2.09. The van der Waals surface area contributed by atoms with Crippen LogP contribution in [0, 0.1) is 0 Å². The number of rotatable bonds is 6. The van der Waals surface area contributed by atoms with Crippen LogP contribution in [0.3, 0.4) is 0 Å². The summed E-state index contributed by atoms with van der Waals surface area (Å²) in [6, 6.07) is 12.0. The molecule has 4 nitrogen and oxygen atoms in total. The maximum absolute atomic E-state index is 11.5. The van der Waals surface area contributed by atoms with Crippen molar-refractivity contribution in [1.82, 2.24) is 9.88 Å². The van der Waals surface area contributed by atoms with Crippen molar-refractivity contribution in [2.75, 3.05) is 14.2 Å². The van der Waals surface area contributed by atoms with E-state index in [4.69, 9.17) is 4.74 Å². The Morgan fingerprint density at radius 1 is 1.14 bits per heavy atom. The Bertz CT molecular complexity index is 584. The number of nitrogens with zero attached hydrogens (tertiary/aromatic N) is 2. The molecular formula is C17H20N2O2. The van der Waals surface area contributed by atoms with Crippen LogP contribution in [-0.4, -0.2) is 30.0 Å². The zero-order valence-electron chi connectivity index (χ0n) is 12.5. The summed E-state index contributed by atoms with van der Waals surface area (Å²) in [6.07, 6.45) is 3.96. The molecule has 0 saturated heterocycles. The van der Waals surface area contributed by atoms with Gasteiger partial charge >= 0.3 is 5.97 Å². The number of benzene rings is 1. The van der Waals surface area contributed by atoms with Crippen LogP contribution in [0.25, 0.3) is 0 Å². The molecule has 1 heterocycles. The molecule has 0 aliphatic rings. The van der Waals surface area contributed by atoms with Gasteiger partial charge in [0.05, 0.1) is 13.5 Å². The first-order valence-corrected chi connectivity index (χ1v) is 6.90. The third-order valence-electron chi connectivity index (χ3n) is 3.30. The topological polar surface area (TPSA) is 42.4 Å². The number of esters is 1. The average molecular weight is 284 g/mol. The molecule has 0 fully saturated rings. The molecule has 1 aromatic carbocycles. The van der Waals surface area contributed by atoms with Gasteiger partial charge in [-0.1, -0.05) is 30.3 Å². The van der Waals surface area contributed by atoms with Gasteiger partial charge in [-0.3, -0.25) is 14.7 Å². The fourth-order valence-corrected chi connectivity index (χ4v) is 2.26. The number of carbonyl (C=O) groups is 1.